The Morgan fingerprint density at radius 2 is 2.08 bits per heavy atom. The Bertz CT molecular complexity index is 139. The van der Waals surface area contributed by atoms with Crippen LogP contribution in [0.5, 0.6) is 0 Å². The minimum absolute atomic E-state index is 0.586. The summed E-state index contributed by atoms with van der Waals surface area (Å²) in [6, 6.07) is 0.851. The van der Waals surface area contributed by atoms with E-state index in [0.717, 1.165) is 12.6 Å². The summed E-state index contributed by atoms with van der Waals surface area (Å²) in [4.78, 5) is 0. The first-order valence-electron chi connectivity index (χ1n) is 5.80. The molecule has 0 aromatic rings. The van der Waals surface area contributed by atoms with Gasteiger partial charge in [0.15, 0.2) is 0 Å². The van der Waals surface area contributed by atoms with Gasteiger partial charge in [-0.1, -0.05) is 6.42 Å². The molecule has 1 aliphatic heterocycles. The number of rotatable bonds is 5. The van der Waals surface area contributed by atoms with E-state index in [1.54, 1.807) is 0 Å². The average Bonchev–Trinajstić information content (AvgIpc) is 2.53. The molecule has 13 heavy (non-hydrogen) atoms. The monoisotopic (exact) mass is 183 g/mol. The first kappa shape index (κ1) is 9.47. The van der Waals surface area contributed by atoms with Gasteiger partial charge in [0, 0.05) is 12.6 Å². The molecule has 2 nitrogen and oxygen atoms in total. The van der Waals surface area contributed by atoms with E-state index in [2.05, 4.69) is 5.32 Å². The van der Waals surface area contributed by atoms with Gasteiger partial charge in [0.2, 0.25) is 0 Å². The molecule has 2 aliphatic rings. The van der Waals surface area contributed by atoms with Gasteiger partial charge < -0.3 is 10.1 Å². The minimum Gasteiger partial charge on any atom is -0.378 e. The van der Waals surface area contributed by atoms with Gasteiger partial charge in [-0.25, -0.2) is 0 Å². The van der Waals surface area contributed by atoms with E-state index < -0.39 is 0 Å². The Labute approximate surface area is 81.0 Å². The van der Waals surface area contributed by atoms with E-state index in [1.165, 1.54) is 51.5 Å². The molecule has 0 aromatic carbocycles. The summed E-state index contributed by atoms with van der Waals surface area (Å²) in [5.74, 6) is 0. The molecule has 0 bridgehead atoms. The molecule has 2 rings (SSSR count). The summed E-state index contributed by atoms with van der Waals surface area (Å²) in [6.45, 7) is 2.20. The lowest BCUT2D eigenvalue weighted by atomic mass is 9.93. The quantitative estimate of drug-likeness (QED) is 0.659. The largest absolute Gasteiger partial charge is 0.378 e. The SMILES string of the molecule is C1CC(NCCCC2CCCO2)C1. The second kappa shape index (κ2) is 4.97. The van der Waals surface area contributed by atoms with Gasteiger partial charge in [-0.3, -0.25) is 0 Å². The van der Waals surface area contributed by atoms with Crippen LogP contribution >= 0.6 is 0 Å². The Balaban J connectivity index is 1.43. The van der Waals surface area contributed by atoms with E-state index in [-0.39, 0.29) is 0 Å². The highest BCUT2D eigenvalue weighted by molar-refractivity contribution is 4.76. The van der Waals surface area contributed by atoms with Crippen LogP contribution in [-0.2, 0) is 4.74 Å². The van der Waals surface area contributed by atoms with Gasteiger partial charge in [-0.2, -0.15) is 0 Å². The minimum atomic E-state index is 0.586. The van der Waals surface area contributed by atoms with Crippen molar-refractivity contribution in [1.29, 1.82) is 0 Å². The summed E-state index contributed by atoms with van der Waals surface area (Å²) >= 11 is 0. The summed E-state index contributed by atoms with van der Waals surface area (Å²) in [7, 11) is 0. The molecule has 0 amide bonds. The zero-order valence-corrected chi connectivity index (χ0v) is 8.43. The molecular formula is C11H21NO. The first-order chi connectivity index (χ1) is 6.45. The van der Waals surface area contributed by atoms with Crippen LogP contribution in [0, 0.1) is 0 Å². The summed E-state index contributed by atoms with van der Waals surface area (Å²) < 4.78 is 5.57. The van der Waals surface area contributed by atoms with Crippen molar-refractivity contribution in [3.8, 4) is 0 Å². The molecule has 1 aliphatic carbocycles. The molecule has 1 saturated heterocycles. The lowest BCUT2D eigenvalue weighted by molar-refractivity contribution is 0.102. The molecule has 1 unspecified atom stereocenters. The van der Waals surface area contributed by atoms with Gasteiger partial charge in [0.25, 0.3) is 0 Å². The molecule has 76 valence electrons. The lowest BCUT2D eigenvalue weighted by Gasteiger charge is -2.26. The predicted octanol–water partition coefficient (Wildman–Crippen LogP) is 2.09. The number of hydrogen-bond donors (Lipinski definition) is 1. The average molecular weight is 183 g/mol. The highest BCUT2D eigenvalue weighted by Gasteiger charge is 2.17. The van der Waals surface area contributed by atoms with Crippen LogP contribution in [0.25, 0.3) is 0 Å². The first-order valence-corrected chi connectivity index (χ1v) is 5.80. The van der Waals surface area contributed by atoms with Crippen LogP contribution in [0.3, 0.4) is 0 Å². The molecule has 2 heteroatoms. The molecule has 0 spiro atoms. The summed E-state index contributed by atoms with van der Waals surface area (Å²) in [5, 5.41) is 3.59. The van der Waals surface area contributed by atoms with Crippen molar-refractivity contribution in [2.45, 2.75) is 57.1 Å². The standard InChI is InChI=1S/C11H21NO/c1-4-10(5-1)12-8-2-6-11-7-3-9-13-11/h10-12H,1-9H2. The second-order valence-electron chi connectivity index (χ2n) is 4.36. The van der Waals surface area contributed by atoms with E-state index >= 15 is 0 Å². The Kier molecular flexibility index (Phi) is 3.62. The summed E-state index contributed by atoms with van der Waals surface area (Å²) in [6.07, 6.45) is 9.96. The fraction of sp³-hybridized carbons (Fsp3) is 1.00. The molecule has 1 N–H and O–H groups in total. The van der Waals surface area contributed by atoms with Gasteiger partial charge in [0.05, 0.1) is 6.10 Å². The van der Waals surface area contributed by atoms with Gasteiger partial charge in [0.1, 0.15) is 0 Å². The molecule has 2 fully saturated rings. The zero-order chi connectivity index (χ0) is 8.93. The van der Waals surface area contributed by atoms with Crippen LogP contribution in [-0.4, -0.2) is 25.3 Å². The fourth-order valence-electron chi connectivity index (χ4n) is 2.12. The Hall–Kier alpha value is -0.0800. The highest BCUT2D eigenvalue weighted by Crippen LogP contribution is 2.19. The topological polar surface area (TPSA) is 21.3 Å². The van der Waals surface area contributed by atoms with Crippen molar-refractivity contribution in [2.75, 3.05) is 13.2 Å². The fourth-order valence-corrected chi connectivity index (χ4v) is 2.12. The van der Waals surface area contributed by atoms with Crippen molar-refractivity contribution >= 4 is 0 Å². The van der Waals surface area contributed by atoms with Crippen LogP contribution in [0.2, 0.25) is 0 Å². The van der Waals surface area contributed by atoms with Crippen LogP contribution in [0.15, 0.2) is 0 Å². The van der Waals surface area contributed by atoms with Gasteiger partial charge in [-0.05, 0) is 45.1 Å². The zero-order valence-electron chi connectivity index (χ0n) is 8.43. The molecular weight excluding hydrogens is 162 g/mol. The highest BCUT2D eigenvalue weighted by atomic mass is 16.5. The molecule has 1 atom stereocenters. The third kappa shape index (κ3) is 2.96. The smallest absolute Gasteiger partial charge is 0.0576 e. The maximum Gasteiger partial charge on any atom is 0.0576 e. The number of hydrogen-bond acceptors (Lipinski definition) is 2. The lowest BCUT2D eigenvalue weighted by Crippen LogP contribution is -2.35. The molecule has 1 heterocycles. The Morgan fingerprint density at radius 3 is 2.69 bits per heavy atom. The van der Waals surface area contributed by atoms with Crippen molar-refractivity contribution in [3.63, 3.8) is 0 Å². The maximum absolute atomic E-state index is 5.57. The van der Waals surface area contributed by atoms with Crippen LogP contribution in [0.4, 0.5) is 0 Å². The van der Waals surface area contributed by atoms with Gasteiger partial charge in [-0.15, -0.1) is 0 Å². The third-order valence-corrected chi connectivity index (χ3v) is 3.27. The maximum atomic E-state index is 5.57. The van der Waals surface area contributed by atoms with E-state index in [4.69, 9.17) is 4.74 Å². The predicted molar refractivity (Wildman–Crippen MR) is 53.8 cm³/mol. The Morgan fingerprint density at radius 1 is 1.15 bits per heavy atom. The molecule has 1 saturated carbocycles. The number of nitrogens with one attached hydrogen (secondary N) is 1. The third-order valence-electron chi connectivity index (χ3n) is 3.27. The van der Waals surface area contributed by atoms with E-state index in [1.807, 2.05) is 0 Å². The van der Waals surface area contributed by atoms with Crippen molar-refractivity contribution in [1.82, 2.24) is 5.32 Å². The summed E-state index contributed by atoms with van der Waals surface area (Å²) in [5.41, 5.74) is 0. The van der Waals surface area contributed by atoms with Crippen molar-refractivity contribution in [2.24, 2.45) is 0 Å². The number of ether oxygens (including phenoxy) is 1. The normalized spacial score (nSPS) is 29.1. The van der Waals surface area contributed by atoms with E-state index in [0.29, 0.717) is 6.10 Å². The van der Waals surface area contributed by atoms with E-state index in [9.17, 15) is 0 Å². The van der Waals surface area contributed by atoms with Crippen LogP contribution < -0.4 is 5.32 Å². The van der Waals surface area contributed by atoms with Crippen molar-refractivity contribution < 1.29 is 4.74 Å². The molecule has 0 aromatic heterocycles. The van der Waals surface area contributed by atoms with Crippen LogP contribution in [0.1, 0.15) is 44.9 Å². The molecule has 0 radical (unpaired) electrons. The van der Waals surface area contributed by atoms with Crippen molar-refractivity contribution in [3.05, 3.63) is 0 Å². The van der Waals surface area contributed by atoms with Gasteiger partial charge >= 0.3 is 0 Å². The second-order valence-corrected chi connectivity index (χ2v) is 4.36.